The van der Waals surface area contributed by atoms with Crippen LogP contribution >= 0.6 is 0 Å². The summed E-state index contributed by atoms with van der Waals surface area (Å²) in [4.78, 5) is 36.7. The highest BCUT2D eigenvalue weighted by atomic mass is 16.1. The van der Waals surface area contributed by atoms with E-state index in [9.17, 15) is 9.59 Å². The molecule has 188 valence electrons. The average molecular weight is 509 g/mol. The Balaban J connectivity index is 1.07. The van der Waals surface area contributed by atoms with E-state index in [2.05, 4.69) is 15.0 Å². The van der Waals surface area contributed by atoms with Crippen molar-refractivity contribution in [2.75, 3.05) is 0 Å². The number of hydrogen-bond donors (Lipinski definition) is 2. The molecule has 0 unspecified atom stereocenters. The largest absolute Gasteiger partial charge is 0.361 e. The summed E-state index contributed by atoms with van der Waals surface area (Å²) in [5, 5.41) is 2.18. The highest BCUT2D eigenvalue weighted by Gasteiger charge is 2.12. The third kappa shape index (κ3) is 4.32. The Morgan fingerprint density at radius 3 is 1.87 bits per heavy atom. The van der Waals surface area contributed by atoms with Gasteiger partial charge in [-0.3, -0.25) is 14.2 Å². The molecule has 0 amide bonds. The zero-order valence-corrected chi connectivity index (χ0v) is 21.0. The second-order valence-electron chi connectivity index (χ2n) is 9.86. The quantitative estimate of drug-likeness (QED) is 0.231. The minimum atomic E-state index is 0.0724. The van der Waals surface area contributed by atoms with E-state index in [4.69, 9.17) is 0 Å². The number of hydrogen-bond acceptors (Lipinski definition) is 3. The number of fused-ring (bicyclic) bond motifs is 3. The Bertz CT molecular complexity index is 2010. The molecular formula is C33H24N4O2. The van der Waals surface area contributed by atoms with Gasteiger partial charge in [0.1, 0.15) is 6.33 Å². The van der Waals surface area contributed by atoms with Crippen molar-refractivity contribution in [2.45, 2.75) is 12.8 Å². The predicted molar refractivity (Wildman–Crippen MR) is 154 cm³/mol. The lowest BCUT2D eigenvalue weighted by atomic mass is 10.0. The minimum absolute atomic E-state index is 0.0724. The van der Waals surface area contributed by atoms with Crippen LogP contribution < -0.4 is 0 Å². The number of nitrogens with one attached hydrogen (secondary N) is 2. The number of carbonyl (C=O) groups excluding carboxylic acids is 2. The Labute approximate surface area is 223 Å². The van der Waals surface area contributed by atoms with Crippen molar-refractivity contribution in [2.24, 2.45) is 0 Å². The first kappa shape index (κ1) is 22.9. The van der Waals surface area contributed by atoms with E-state index in [0.29, 0.717) is 24.0 Å². The number of ketones is 2. The van der Waals surface area contributed by atoms with Crippen molar-refractivity contribution >= 4 is 44.4 Å². The van der Waals surface area contributed by atoms with E-state index >= 15 is 0 Å². The highest BCUT2D eigenvalue weighted by Crippen LogP contribution is 2.23. The molecule has 7 rings (SSSR count). The molecule has 2 N–H and O–H groups in total. The molecule has 0 fully saturated rings. The van der Waals surface area contributed by atoms with Gasteiger partial charge in [-0.2, -0.15) is 0 Å². The molecule has 39 heavy (non-hydrogen) atoms. The molecule has 7 aromatic rings. The van der Waals surface area contributed by atoms with Crippen LogP contribution in [0.1, 0.15) is 31.8 Å². The lowest BCUT2D eigenvalue weighted by Gasteiger charge is -2.07. The van der Waals surface area contributed by atoms with Gasteiger partial charge in [0.05, 0.1) is 11.0 Å². The Morgan fingerprint density at radius 1 is 0.641 bits per heavy atom. The zero-order valence-electron chi connectivity index (χ0n) is 21.0. The Hall–Kier alpha value is -5.23. The van der Waals surface area contributed by atoms with Crippen LogP contribution in [0.2, 0.25) is 0 Å². The van der Waals surface area contributed by atoms with Gasteiger partial charge in [-0.25, -0.2) is 4.98 Å². The van der Waals surface area contributed by atoms with Crippen LogP contribution in [0.25, 0.3) is 38.5 Å². The number of Topliss-reactive ketones (excluding diaryl/α,β-unsaturated/α-hetero) is 2. The fourth-order valence-electron chi connectivity index (χ4n) is 5.17. The standard InChI is InChI=1S/C33H24N4O2/c38-32(25-6-4-23-11-13-34-28(23)18-25)16-21-1-8-27(9-2-21)37-20-36-30-15-22(3-10-31(30)37)17-33(39)26-7-5-24-12-14-35-29(24)19-26/h1-15,18-20,34-35H,16-17H2. The van der Waals surface area contributed by atoms with Gasteiger partial charge in [0, 0.05) is 53.1 Å². The number of rotatable bonds is 7. The third-order valence-electron chi connectivity index (χ3n) is 7.31. The number of carbonyl (C=O) groups is 2. The summed E-state index contributed by atoms with van der Waals surface area (Å²) in [7, 11) is 0. The molecule has 0 radical (unpaired) electrons. The van der Waals surface area contributed by atoms with Crippen LogP contribution in [0.3, 0.4) is 0 Å². The lowest BCUT2D eigenvalue weighted by Crippen LogP contribution is -2.04. The SMILES string of the molecule is O=C(Cc1ccc(-n2cnc3cc(CC(=O)c4ccc5cc[nH]c5c4)ccc32)cc1)c1ccc2cc[nH]c2c1. The second-order valence-corrected chi connectivity index (χ2v) is 9.86. The van der Waals surface area contributed by atoms with E-state index in [-0.39, 0.29) is 11.6 Å². The molecule has 0 aliphatic rings. The Kier molecular flexibility index (Phi) is 5.44. The number of aromatic nitrogens is 4. The van der Waals surface area contributed by atoms with Gasteiger partial charge in [-0.1, -0.05) is 42.5 Å². The lowest BCUT2D eigenvalue weighted by molar-refractivity contribution is 0.0985. The molecular weight excluding hydrogens is 484 g/mol. The molecule has 0 saturated heterocycles. The zero-order chi connectivity index (χ0) is 26.3. The topological polar surface area (TPSA) is 83.5 Å². The van der Waals surface area contributed by atoms with Crippen molar-refractivity contribution in [1.29, 1.82) is 0 Å². The number of imidazole rings is 1. The highest BCUT2D eigenvalue weighted by molar-refractivity contribution is 6.01. The van der Waals surface area contributed by atoms with Crippen LogP contribution in [0.15, 0.2) is 110 Å². The summed E-state index contributed by atoms with van der Waals surface area (Å²) in [5.74, 6) is 0.158. The molecule has 6 nitrogen and oxygen atoms in total. The summed E-state index contributed by atoms with van der Waals surface area (Å²) in [6.45, 7) is 0. The molecule has 0 aliphatic heterocycles. The van der Waals surface area contributed by atoms with Crippen LogP contribution in [-0.4, -0.2) is 31.1 Å². The molecule has 0 bridgehead atoms. The van der Waals surface area contributed by atoms with E-state index in [1.54, 1.807) is 6.33 Å². The van der Waals surface area contributed by atoms with Crippen molar-refractivity contribution < 1.29 is 9.59 Å². The van der Waals surface area contributed by atoms with Gasteiger partial charge in [-0.05, 0) is 70.4 Å². The molecule has 0 aliphatic carbocycles. The summed E-state index contributed by atoms with van der Waals surface area (Å²) < 4.78 is 2.02. The first-order valence-electron chi connectivity index (χ1n) is 12.9. The number of aromatic amines is 2. The fourth-order valence-corrected chi connectivity index (χ4v) is 5.17. The summed E-state index contributed by atoms with van der Waals surface area (Å²) in [5.41, 5.74) is 7.96. The maximum Gasteiger partial charge on any atom is 0.167 e. The maximum absolute atomic E-state index is 12.9. The van der Waals surface area contributed by atoms with Crippen molar-refractivity contribution in [3.05, 3.63) is 132 Å². The molecule has 6 heteroatoms. The molecule has 0 atom stereocenters. The molecule has 4 aromatic carbocycles. The van der Waals surface area contributed by atoms with Gasteiger partial charge >= 0.3 is 0 Å². The number of benzene rings is 4. The molecule has 0 spiro atoms. The molecule has 0 saturated carbocycles. The normalized spacial score (nSPS) is 11.5. The maximum atomic E-state index is 12.9. The van der Waals surface area contributed by atoms with Gasteiger partial charge < -0.3 is 9.97 Å². The smallest absolute Gasteiger partial charge is 0.167 e. The van der Waals surface area contributed by atoms with Crippen molar-refractivity contribution in [1.82, 2.24) is 19.5 Å². The molecule has 3 heterocycles. The van der Waals surface area contributed by atoms with Gasteiger partial charge in [0.25, 0.3) is 0 Å². The van der Waals surface area contributed by atoms with Crippen molar-refractivity contribution in [3.8, 4) is 5.69 Å². The van der Waals surface area contributed by atoms with Crippen molar-refractivity contribution in [3.63, 3.8) is 0 Å². The van der Waals surface area contributed by atoms with Crippen LogP contribution in [-0.2, 0) is 12.8 Å². The van der Waals surface area contributed by atoms with E-state index < -0.39 is 0 Å². The Morgan fingerprint density at radius 2 is 1.23 bits per heavy atom. The summed E-state index contributed by atoms with van der Waals surface area (Å²) in [6.07, 6.45) is 6.20. The van der Waals surface area contributed by atoms with Gasteiger partial charge in [-0.15, -0.1) is 0 Å². The van der Waals surface area contributed by atoms with E-state index in [1.165, 1.54) is 0 Å². The summed E-state index contributed by atoms with van der Waals surface area (Å²) in [6, 6.07) is 29.4. The molecule has 3 aromatic heterocycles. The van der Waals surface area contributed by atoms with Gasteiger partial charge in [0.2, 0.25) is 0 Å². The van der Waals surface area contributed by atoms with E-state index in [1.807, 2.05) is 108 Å². The van der Waals surface area contributed by atoms with Gasteiger partial charge in [0.15, 0.2) is 11.6 Å². The fraction of sp³-hybridized carbons (Fsp3) is 0.0606. The average Bonchev–Trinajstić information content (AvgIpc) is 3.72. The number of nitrogens with zero attached hydrogens (tertiary/aromatic N) is 2. The second kappa shape index (κ2) is 9.26. The van der Waals surface area contributed by atoms with Crippen LogP contribution in [0, 0.1) is 0 Å². The first-order valence-corrected chi connectivity index (χ1v) is 12.9. The predicted octanol–water partition coefficient (Wildman–Crippen LogP) is 6.84. The first-order chi connectivity index (χ1) is 19.1. The number of H-pyrrole nitrogens is 2. The minimum Gasteiger partial charge on any atom is -0.361 e. The third-order valence-corrected chi connectivity index (χ3v) is 7.31. The van der Waals surface area contributed by atoms with Crippen LogP contribution in [0.5, 0.6) is 0 Å². The van der Waals surface area contributed by atoms with Crippen LogP contribution in [0.4, 0.5) is 0 Å². The monoisotopic (exact) mass is 508 g/mol. The van der Waals surface area contributed by atoms with E-state index in [0.717, 1.165) is 49.7 Å². The summed E-state index contributed by atoms with van der Waals surface area (Å²) >= 11 is 0.